The van der Waals surface area contributed by atoms with Crippen molar-refractivity contribution in [3.05, 3.63) is 59.7 Å². The minimum absolute atomic E-state index is 0.0162. The molecular weight excluding hydrogens is 416 g/mol. The monoisotopic (exact) mass is 446 g/mol. The van der Waals surface area contributed by atoms with Crippen molar-refractivity contribution in [3.63, 3.8) is 0 Å². The van der Waals surface area contributed by atoms with Gasteiger partial charge in [0.1, 0.15) is 10.6 Å². The summed E-state index contributed by atoms with van der Waals surface area (Å²) < 4.78 is 38.1. The molecule has 0 bridgehead atoms. The second kappa shape index (κ2) is 10.7. The number of ether oxygens (including phenoxy) is 2. The predicted octanol–water partition coefficient (Wildman–Crippen LogP) is 2.40. The first kappa shape index (κ1) is 23.2. The van der Waals surface area contributed by atoms with Crippen LogP contribution in [0.15, 0.2) is 53.4 Å². The molecule has 1 N–H and O–H groups in total. The first-order valence-corrected chi connectivity index (χ1v) is 11.9. The Kier molecular flexibility index (Phi) is 8.06. The summed E-state index contributed by atoms with van der Waals surface area (Å²) in [6.07, 6.45) is 1.81. The molecule has 1 heterocycles. The second-order valence-electron chi connectivity index (χ2n) is 7.67. The van der Waals surface area contributed by atoms with Crippen LogP contribution in [0, 0.1) is 0 Å². The summed E-state index contributed by atoms with van der Waals surface area (Å²) in [5, 5.41) is 3.00. The van der Waals surface area contributed by atoms with Crippen LogP contribution in [0.25, 0.3) is 0 Å². The van der Waals surface area contributed by atoms with E-state index in [2.05, 4.69) is 17.4 Å². The molecule has 1 aliphatic rings. The van der Waals surface area contributed by atoms with Crippen molar-refractivity contribution in [1.29, 1.82) is 0 Å². The molecule has 0 aliphatic carbocycles. The van der Waals surface area contributed by atoms with Crippen LogP contribution in [0.1, 0.15) is 24.5 Å². The molecule has 0 radical (unpaired) electrons. The molecule has 1 aliphatic heterocycles. The Morgan fingerprint density at radius 2 is 1.84 bits per heavy atom. The molecule has 1 fully saturated rings. The van der Waals surface area contributed by atoms with Gasteiger partial charge in [0, 0.05) is 19.1 Å². The van der Waals surface area contributed by atoms with E-state index in [0.29, 0.717) is 31.9 Å². The van der Waals surface area contributed by atoms with Gasteiger partial charge in [-0.05, 0) is 43.0 Å². The summed E-state index contributed by atoms with van der Waals surface area (Å²) in [6.45, 7) is 3.31. The Bertz CT molecular complexity index is 973. The van der Waals surface area contributed by atoms with E-state index in [9.17, 15) is 13.2 Å². The maximum absolute atomic E-state index is 13.1. The standard InChI is InChI=1S/C23H30N2O5S/c1-18(8-9-19-6-4-3-5-7-19)24-23(26)17-20-10-11-21(29-2)22(16-20)31(27,28)25-12-14-30-15-13-25/h3-7,10-11,16,18H,8-9,12-15,17H2,1-2H3,(H,24,26). The minimum Gasteiger partial charge on any atom is -0.495 e. The maximum Gasteiger partial charge on any atom is 0.246 e. The van der Waals surface area contributed by atoms with E-state index in [0.717, 1.165) is 12.8 Å². The lowest BCUT2D eigenvalue weighted by Crippen LogP contribution is -2.40. The predicted molar refractivity (Wildman–Crippen MR) is 119 cm³/mol. The SMILES string of the molecule is COc1ccc(CC(=O)NC(C)CCc2ccccc2)cc1S(=O)(=O)N1CCOCC1. The van der Waals surface area contributed by atoms with E-state index < -0.39 is 10.0 Å². The molecule has 1 atom stereocenters. The number of sulfonamides is 1. The van der Waals surface area contributed by atoms with E-state index in [1.807, 2.05) is 25.1 Å². The summed E-state index contributed by atoms with van der Waals surface area (Å²) in [7, 11) is -2.29. The van der Waals surface area contributed by atoms with Gasteiger partial charge < -0.3 is 14.8 Å². The number of methoxy groups -OCH3 is 1. The van der Waals surface area contributed by atoms with Crippen LogP contribution in [0.3, 0.4) is 0 Å². The fourth-order valence-corrected chi connectivity index (χ4v) is 5.18. The minimum atomic E-state index is -3.73. The van der Waals surface area contributed by atoms with Crippen molar-refractivity contribution in [3.8, 4) is 5.75 Å². The van der Waals surface area contributed by atoms with Crippen LogP contribution in [-0.2, 0) is 32.4 Å². The van der Waals surface area contributed by atoms with Gasteiger partial charge in [0.05, 0.1) is 26.7 Å². The third kappa shape index (κ3) is 6.29. The molecule has 1 unspecified atom stereocenters. The fraction of sp³-hybridized carbons (Fsp3) is 0.435. The van der Waals surface area contributed by atoms with Crippen LogP contribution in [0.5, 0.6) is 5.75 Å². The third-order valence-corrected chi connectivity index (χ3v) is 7.22. The van der Waals surface area contributed by atoms with Gasteiger partial charge in [0.25, 0.3) is 0 Å². The molecule has 0 saturated carbocycles. The van der Waals surface area contributed by atoms with Crippen LogP contribution >= 0.6 is 0 Å². The fourth-order valence-electron chi connectivity index (χ4n) is 3.57. The Morgan fingerprint density at radius 1 is 1.13 bits per heavy atom. The number of amides is 1. The highest BCUT2D eigenvalue weighted by atomic mass is 32.2. The van der Waals surface area contributed by atoms with Crippen molar-refractivity contribution in [1.82, 2.24) is 9.62 Å². The lowest BCUT2D eigenvalue weighted by molar-refractivity contribution is -0.121. The lowest BCUT2D eigenvalue weighted by atomic mass is 10.1. The quantitative estimate of drug-likeness (QED) is 0.639. The van der Waals surface area contributed by atoms with Gasteiger partial charge in [-0.25, -0.2) is 8.42 Å². The molecule has 8 heteroatoms. The lowest BCUT2D eigenvalue weighted by Gasteiger charge is -2.26. The number of rotatable bonds is 9. The van der Waals surface area contributed by atoms with Crippen molar-refractivity contribution < 1.29 is 22.7 Å². The van der Waals surface area contributed by atoms with Gasteiger partial charge in [0.15, 0.2) is 0 Å². The first-order chi connectivity index (χ1) is 14.9. The molecular formula is C23H30N2O5S. The number of nitrogens with one attached hydrogen (secondary N) is 1. The van der Waals surface area contributed by atoms with Gasteiger partial charge in [-0.15, -0.1) is 0 Å². The van der Waals surface area contributed by atoms with Crippen molar-refractivity contribution in [2.45, 2.75) is 37.1 Å². The number of nitrogens with zero attached hydrogens (tertiary/aromatic N) is 1. The third-order valence-electron chi connectivity index (χ3n) is 5.30. The topological polar surface area (TPSA) is 84.9 Å². The van der Waals surface area contributed by atoms with E-state index in [1.165, 1.54) is 23.0 Å². The van der Waals surface area contributed by atoms with Crippen molar-refractivity contribution in [2.24, 2.45) is 0 Å². The van der Waals surface area contributed by atoms with Gasteiger partial charge in [0.2, 0.25) is 15.9 Å². The zero-order valence-electron chi connectivity index (χ0n) is 18.0. The number of morpholine rings is 1. The summed E-state index contributed by atoms with van der Waals surface area (Å²) in [5.41, 5.74) is 1.86. The molecule has 2 aromatic rings. The van der Waals surface area contributed by atoms with Crippen LogP contribution < -0.4 is 10.1 Å². The first-order valence-electron chi connectivity index (χ1n) is 10.5. The molecule has 7 nitrogen and oxygen atoms in total. The van der Waals surface area contributed by atoms with Crippen LogP contribution in [0.4, 0.5) is 0 Å². The molecule has 1 amide bonds. The second-order valence-corrected chi connectivity index (χ2v) is 9.58. The summed E-state index contributed by atoms with van der Waals surface area (Å²) in [5.74, 6) is 0.132. The zero-order valence-corrected chi connectivity index (χ0v) is 18.9. The van der Waals surface area contributed by atoms with Gasteiger partial charge in [-0.1, -0.05) is 36.4 Å². The maximum atomic E-state index is 13.1. The highest BCUT2D eigenvalue weighted by Crippen LogP contribution is 2.28. The molecule has 3 rings (SSSR count). The smallest absolute Gasteiger partial charge is 0.246 e. The highest BCUT2D eigenvalue weighted by molar-refractivity contribution is 7.89. The van der Waals surface area contributed by atoms with Gasteiger partial charge >= 0.3 is 0 Å². The number of carbonyl (C=O) groups is 1. The largest absolute Gasteiger partial charge is 0.495 e. The van der Waals surface area contributed by atoms with Gasteiger partial charge in [-0.3, -0.25) is 4.79 Å². The normalized spacial score (nSPS) is 15.9. The Hall–Kier alpha value is -2.42. The number of carbonyl (C=O) groups excluding carboxylic acids is 1. The number of benzene rings is 2. The number of hydrogen-bond acceptors (Lipinski definition) is 5. The van der Waals surface area contributed by atoms with E-state index in [4.69, 9.17) is 9.47 Å². The van der Waals surface area contributed by atoms with Crippen molar-refractivity contribution >= 4 is 15.9 Å². The Morgan fingerprint density at radius 3 is 2.52 bits per heavy atom. The molecule has 2 aromatic carbocycles. The average Bonchev–Trinajstić information content (AvgIpc) is 2.79. The van der Waals surface area contributed by atoms with Crippen LogP contribution in [-0.4, -0.2) is 58.1 Å². The molecule has 1 saturated heterocycles. The number of hydrogen-bond donors (Lipinski definition) is 1. The molecule has 0 aromatic heterocycles. The van der Waals surface area contributed by atoms with Crippen molar-refractivity contribution in [2.75, 3.05) is 33.4 Å². The number of aryl methyl sites for hydroxylation is 1. The summed E-state index contributed by atoms with van der Waals surface area (Å²) >= 11 is 0. The summed E-state index contributed by atoms with van der Waals surface area (Å²) in [6, 6.07) is 15.0. The molecule has 31 heavy (non-hydrogen) atoms. The average molecular weight is 447 g/mol. The van der Waals surface area contributed by atoms with E-state index in [1.54, 1.807) is 12.1 Å². The van der Waals surface area contributed by atoms with E-state index in [-0.39, 0.29) is 29.0 Å². The zero-order chi connectivity index (χ0) is 22.3. The Balaban J connectivity index is 1.64. The highest BCUT2D eigenvalue weighted by Gasteiger charge is 2.29. The van der Waals surface area contributed by atoms with Gasteiger partial charge in [-0.2, -0.15) is 4.31 Å². The molecule has 0 spiro atoms. The van der Waals surface area contributed by atoms with E-state index >= 15 is 0 Å². The Labute approximate surface area is 184 Å². The van der Waals surface area contributed by atoms with Crippen LogP contribution in [0.2, 0.25) is 0 Å². The summed E-state index contributed by atoms with van der Waals surface area (Å²) in [4.78, 5) is 12.6. The molecule has 168 valence electrons.